The molecule has 2 aromatic carbocycles. The van der Waals surface area contributed by atoms with Gasteiger partial charge in [0.1, 0.15) is 5.82 Å². The maximum atomic E-state index is 13.0. The van der Waals surface area contributed by atoms with Crippen LogP contribution in [0.25, 0.3) is 0 Å². The average molecular weight is 407 g/mol. The molecule has 19 heavy (non-hydrogen) atoms. The number of carbonyl (C=O) groups excluding carboxylic acids is 1. The van der Waals surface area contributed by atoms with Crippen LogP contribution in [0.3, 0.4) is 0 Å². The van der Waals surface area contributed by atoms with E-state index in [1.165, 1.54) is 18.2 Å². The van der Waals surface area contributed by atoms with Crippen molar-refractivity contribution in [2.75, 3.05) is 5.32 Å². The van der Waals surface area contributed by atoms with Gasteiger partial charge in [0.25, 0.3) is 5.91 Å². The van der Waals surface area contributed by atoms with E-state index in [1.807, 2.05) is 0 Å². The fourth-order valence-electron chi connectivity index (χ4n) is 1.45. The van der Waals surface area contributed by atoms with E-state index in [1.54, 1.807) is 18.2 Å². The fourth-order valence-corrected chi connectivity index (χ4v) is 2.47. The first-order valence-corrected chi connectivity index (χ1v) is 7.15. The van der Waals surface area contributed by atoms with Crippen LogP contribution in [0.15, 0.2) is 45.3 Å². The number of nitrogens with one attached hydrogen (secondary N) is 1. The minimum Gasteiger partial charge on any atom is -0.322 e. The Balaban J connectivity index is 2.23. The third kappa shape index (κ3) is 3.55. The molecule has 2 aromatic rings. The smallest absolute Gasteiger partial charge is 0.256 e. The maximum Gasteiger partial charge on any atom is 0.256 e. The maximum absolute atomic E-state index is 13.0. The molecule has 0 atom stereocenters. The standard InChI is InChI=1S/C13H7Br2ClFNO/c14-10-5-7(17)1-3-9(10)13(19)18-8-2-4-12(16)11(15)6-8/h1-6H,(H,18,19). The molecule has 0 aliphatic rings. The first-order valence-electron chi connectivity index (χ1n) is 5.19. The van der Waals surface area contributed by atoms with Crippen molar-refractivity contribution < 1.29 is 9.18 Å². The molecule has 0 unspecified atom stereocenters. The summed E-state index contributed by atoms with van der Waals surface area (Å²) in [6.07, 6.45) is 0. The minimum absolute atomic E-state index is 0.332. The van der Waals surface area contributed by atoms with Crippen LogP contribution in [0.4, 0.5) is 10.1 Å². The lowest BCUT2D eigenvalue weighted by molar-refractivity contribution is 0.102. The summed E-state index contributed by atoms with van der Waals surface area (Å²) in [7, 11) is 0. The first-order chi connectivity index (χ1) is 8.97. The normalized spacial score (nSPS) is 10.3. The molecule has 2 nitrogen and oxygen atoms in total. The third-order valence-corrected chi connectivity index (χ3v) is 4.22. The largest absolute Gasteiger partial charge is 0.322 e. The van der Waals surface area contributed by atoms with Crippen LogP contribution in [0.2, 0.25) is 5.02 Å². The molecular formula is C13H7Br2ClFNO. The van der Waals surface area contributed by atoms with Crippen molar-refractivity contribution in [3.8, 4) is 0 Å². The second-order valence-corrected chi connectivity index (χ2v) is 5.82. The van der Waals surface area contributed by atoms with Crippen molar-refractivity contribution in [2.24, 2.45) is 0 Å². The molecule has 0 saturated heterocycles. The molecule has 0 heterocycles. The van der Waals surface area contributed by atoms with Crippen molar-refractivity contribution in [3.63, 3.8) is 0 Å². The van der Waals surface area contributed by atoms with Crippen molar-refractivity contribution in [1.82, 2.24) is 0 Å². The Morgan fingerprint density at radius 2 is 1.84 bits per heavy atom. The molecule has 0 bridgehead atoms. The molecule has 0 fully saturated rings. The molecule has 0 aliphatic carbocycles. The summed E-state index contributed by atoms with van der Waals surface area (Å²) in [6.45, 7) is 0. The lowest BCUT2D eigenvalue weighted by Crippen LogP contribution is -2.12. The number of benzene rings is 2. The van der Waals surface area contributed by atoms with E-state index in [0.29, 0.717) is 25.2 Å². The van der Waals surface area contributed by atoms with Gasteiger partial charge in [-0.25, -0.2) is 4.39 Å². The number of amides is 1. The minimum atomic E-state index is -0.405. The van der Waals surface area contributed by atoms with Crippen LogP contribution >= 0.6 is 43.5 Å². The lowest BCUT2D eigenvalue weighted by atomic mass is 10.2. The molecule has 0 aromatic heterocycles. The van der Waals surface area contributed by atoms with Gasteiger partial charge in [-0.05, 0) is 68.3 Å². The highest BCUT2D eigenvalue weighted by Gasteiger charge is 2.11. The molecule has 6 heteroatoms. The second kappa shape index (κ2) is 6.03. The van der Waals surface area contributed by atoms with Gasteiger partial charge in [0.05, 0.1) is 10.6 Å². The molecular weight excluding hydrogens is 400 g/mol. The van der Waals surface area contributed by atoms with Crippen LogP contribution in [0.5, 0.6) is 0 Å². The van der Waals surface area contributed by atoms with Gasteiger partial charge in [-0.15, -0.1) is 0 Å². The topological polar surface area (TPSA) is 29.1 Å². The van der Waals surface area contributed by atoms with Crippen molar-refractivity contribution in [1.29, 1.82) is 0 Å². The van der Waals surface area contributed by atoms with Gasteiger partial charge >= 0.3 is 0 Å². The molecule has 1 N–H and O–H groups in total. The summed E-state index contributed by atoms with van der Waals surface area (Å²) >= 11 is 12.3. The third-order valence-electron chi connectivity index (χ3n) is 2.35. The predicted octanol–water partition coefficient (Wildman–Crippen LogP) is 5.26. The monoisotopic (exact) mass is 405 g/mol. The van der Waals surface area contributed by atoms with Gasteiger partial charge in [-0.1, -0.05) is 11.6 Å². The Morgan fingerprint density at radius 1 is 1.11 bits per heavy atom. The molecule has 0 spiro atoms. The van der Waals surface area contributed by atoms with E-state index >= 15 is 0 Å². The van der Waals surface area contributed by atoms with E-state index in [-0.39, 0.29) is 5.91 Å². The SMILES string of the molecule is O=C(Nc1ccc(Cl)c(Br)c1)c1ccc(F)cc1Br. The van der Waals surface area contributed by atoms with Crippen LogP contribution in [0.1, 0.15) is 10.4 Å². The van der Waals surface area contributed by atoms with E-state index in [2.05, 4.69) is 37.2 Å². The van der Waals surface area contributed by atoms with E-state index < -0.39 is 5.82 Å². The molecule has 0 radical (unpaired) electrons. The predicted molar refractivity (Wildman–Crippen MR) is 81.2 cm³/mol. The highest BCUT2D eigenvalue weighted by molar-refractivity contribution is 9.10. The Bertz CT molecular complexity index is 649. The van der Waals surface area contributed by atoms with Gasteiger partial charge in [-0.2, -0.15) is 0 Å². The second-order valence-electron chi connectivity index (χ2n) is 3.71. The Morgan fingerprint density at radius 3 is 2.47 bits per heavy atom. The summed E-state index contributed by atoms with van der Waals surface area (Å²) < 4.78 is 14.0. The number of hydrogen-bond donors (Lipinski definition) is 1. The highest BCUT2D eigenvalue weighted by atomic mass is 79.9. The Hall–Kier alpha value is -0.910. The summed E-state index contributed by atoms with van der Waals surface area (Å²) in [5.41, 5.74) is 0.949. The summed E-state index contributed by atoms with van der Waals surface area (Å²) in [5, 5.41) is 3.26. The zero-order valence-electron chi connectivity index (χ0n) is 9.38. The van der Waals surface area contributed by atoms with Gasteiger partial charge in [0.2, 0.25) is 0 Å². The highest BCUT2D eigenvalue weighted by Crippen LogP contribution is 2.26. The number of anilines is 1. The van der Waals surface area contributed by atoms with E-state index in [0.717, 1.165) is 0 Å². The molecule has 98 valence electrons. The zero-order valence-corrected chi connectivity index (χ0v) is 13.3. The Labute approximate surface area is 131 Å². The van der Waals surface area contributed by atoms with E-state index in [9.17, 15) is 9.18 Å². The molecule has 0 aliphatic heterocycles. The summed E-state index contributed by atoms with van der Waals surface area (Å²) in [6, 6.07) is 8.94. The van der Waals surface area contributed by atoms with Gasteiger partial charge in [0.15, 0.2) is 0 Å². The fraction of sp³-hybridized carbons (Fsp3) is 0. The number of hydrogen-bond acceptors (Lipinski definition) is 1. The lowest BCUT2D eigenvalue weighted by Gasteiger charge is -2.08. The van der Waals surface area contributed by atoms with Crippen LogP contribution in [-0.4, -0.2) is 5.91 Å². The first kappa shape index (κ1) is 14.5. The molecule has 2 rings (SSSR count). The summed E-state index contributed by atoms with van der Waals surface area (Å²) in [4.78, 5) is 12.0. The average Bonchev–Trinajstić information content (AvgIpc) is 2.33. The Kier molecular flexibility index (Phi) is 4.60. The summed E-state index contributed by atoms with van der Waals surface area (Å²) in [5.74, 6) is -0.737. The number of rotatable bonds is 2. The van der Waals surface area contributed by atoms with Gasteiger partial charge < -0.3 is 5.32 Å². The van der Waals surface area contributed by atoms with Crippen LogP contribution < -0.4 is 5.32 Å². The van der Waals surface area contributed by atoms with Crippen molar-refractivity contribution >= 4 is 55.1 Å². The van der Waals surface area contributed by atoms with E-state index in [4.69, 9.17) is 11.6 Å². The van der Waals surface area contributed by atoms with Crippen molar-refractivity contribution in [2.45, 2.75) is 0 Å². The van der Waals surface area contributed by atoms with Gasteiger partial charge in [-0.3, -0.25) is 4.79 Å². The van der Waals surface area contributed by atoms with Crippen molar-refractivity contribution in [3.05, 3.63) is 61.7 Å². The number of halogens is 4. The molecule has 1 amide bonds. The number of carbonyl (C=O) groups is 1. The van der Waals surface area contributed by atoms with Crippen LogP contribution in [-0.2, 0) is 0 Å². The van der Waals surface area contributed by atoms with Crippen LogP contribution in [0, 0.1) is 5.82 Å². The van der Waals surface area contributed by atoms with Gasteiger partial charge in [0, 0.05) is 14.6 Å². The quantitative estimate of drug-likeness (QED) is 0.723. The zero-order chi connectivity index (χ0) is 14.0. The molecule has 0 saturated carbocycles.